The Kier molecular flexibility index (Phi) is 7.96. The number of hydrogen-bond donors (Lipinski definition) is 0. The molecule has 3 aliphatic rings. The zero-order valence-electron chi connectivity index (χ0n) is 22.3. The molecule has 1 amide bonds. The molecule has 5 rings (SSSR count). The summed E-state index contributed by atoms with van der Waals surface area (Å²) in [6.07, 6.45) is 5.16. The number of fused-ring (bicyclic) bond motifs is 1. The third-order valence-electron chi connectivity index (χ3n) is 8.22. The summed E-state index contributed by atoms with van der Waals surface area (Å²) in [5.74, 6) is 1.05. The standard InChI is InChI=1S/C30H35N3O5S/c1-3-12-37-30(34)32-18-29(19-32)39(35,36)28-10-8-27(9-11-28)38-20-23-13-21(2)33(17-23)26-7-6-24-5-4-22(16-31)14-25(24)15-26/h3-5,8-11,14,21,23,26,29H,1,6-7,12-13,15,17-20H2,2H3/t21-,23+,26?/m1/s1. The van der Waals surface area contributed by atoms with Crippen LogP contribution < -0.4 is 4.74 Å². The van der Waals surface area contributed by atoms with Crippen LogP contribution in [0.3, 0.4) is 0 Å². The number of carbonyl (C=O) groups excluding carboxylic acids is 1. The van der Waals surface area contributed by atoms with E-state index in [9.17, 15) is 18.5 Å². The fourth-order valence-corrected chi connectivity index (χ4v) is 7.68. The van der Waals surface area contributed by atoms with Crippen LogP contribution in [-0.4, -0.2) is 74.5 Å². The summed E-state index contributed by atoms with van der Waals surface area (Å²) in [6, 6.07) is 15.9. The van der Waals surface area contributed by atoms with Gasteiger partial charge in [-0.05, 0) is 80.1 Å². The van der Waals surface area contributed by atoms with Gasteiger partial charge in [-0.25, -0.2) is 13.2 Å². The number of nitrogens with zero attached hydrogens (tertiary/aromatic N) is 3. The van der Waals surface area contributed by atoms with E-state index >= 15 is 0 Å². The fraction of sp³-hybridized carbons (Fsp3) is 0.467. The van der Waals surface area contributed by atoms with E-state index in [2.05, 4.69) is 30.5 Å². The molecule has 0 saturated carbocycles. The van der Waals surface area contributed by atoms with Gasteiger partial charge in [0.25, 0.3) is 0 Å². The molecule has 0 N–H and O–H groups in total. The largest absolute Gasteiger partial charge is 0.493 e. The smallest absolute Gasteiger partial charge is 0.410 e. The number of aryl methyl sites for hydroxylation is 1. The summed E-state index contributed by atoms with van der Waals surface area (Å²) in [7, 11) is -3.54. The molecule has 39 heavy (non-hydrogen) atoms. The Morgan fingerprint density at radius 2 is 1.92 bits per heavy atom. The van der Waals surface area contributed by atoms with Crippen LogP contribution in [0.5, 0.6) is 5.75 Å². The molecule has 2 aliphatic heterocycles. The molecule has 0 bridgehead atoms. The van der Waals surface area contributed by atoms with Crippen molar-refractivity contribution >= 4 is 15.9 Å². The summed E-state index contributed by atoms with van der Waals surface area (Å²) in [5.41, 5.74) is 3.39. The third-order valence-corrected chi connectivity index (χ3v) is 10.3. The first-order valence-corrected chi connectivity index (χ1v) is 15.1. The van der Waals surface area contributed by atoms with E-state index in [1.165, 1.54) is 22.1 Å². The molecule has 0 radical (unpaired) electrons. The van der Waals surface area contributed by atoms with E-state index in [0.717, 1.165) is 37.8 Å². The molecule has 3 atom stereocenters. The van der Waals surface area contributed by atoms with Crippen LogP contribution in [0.1, 0.15) is 36.5 Å². The number of sulfone groups is 1. The number of hydrogen-bond acceptors (Lipinski definition) is 7. The van der Waals surface area contributed by atoms with Crippen molar-refractivity contribution in [3.63, 3.8) is 0 Å². The second kappa shape index (κ2) is 11.4. The first kappa shape index (κ1) is 27.2. The Labute approximate surface area is 230 Å². The Balaban J connectivity index is 1.12. The lowest BCUT2D eigenvalue weighted by Gasteiger charge is -2.37. The van der Waals surface area contributed by atoms with Gasteiger partial charge in [0.05, 0.1) is 23.1 Å². The number of likely N-dealkylation sites (tertiary alicyclic amines) is 2. The predicted octanol–water partition coefficient (Wildman–Crippen LogP) is 3.99. The molecule has 0 aromatic heterocycles. The highest BCUT2D eigenvalue weighted by atomic mass is 32.2. The summed E-state index contributed by atoms with van der Waals surface area (Å²) >= 11 is 0. The van der Waals surface area contributed by atoms with Gasteiger partial charge in [0.1, 0.15) is 17.6 Å². The normalized spacial score (nSPS) is 23.4. The molecule has 2 fully saturated rings. The summed E-state index contributed by atoms with van der Waals surface area (Å²) < 4.78 is 36.9. The number of carbonyl (C=O) groups is 1. The van der Waals surface area contributed by atoms with Gasteiger partial charge in [-0.2, -0.15) is 5.26 Å². The van der Waals surface area contributed by atoms with Crippen LogP contribution in [0.25, 0.3) is 0 Å². The van der Waals surface area contributed by atoms with Gasteiger partial charge in [-0.1, -0.05) is 18.7 Å². The summed E-state index contributed by atoms with van der Waals surface area (Å²) in [6.45, 7) is 7.68. The van der Waals surface area contributed by atoms with Crippen LogP contribution in [0.2, 0.25) is 0 Å². The quantitative estimate of drug-likeness (QED) is 0.459. The molecule has 2 saturated heterocycles. The first-order chi connectivity index (χ1) is 18.8. The zero-order chi connectivity index (χ0) is 27.6. The van der Waals surface area contributed by atoms with E-state index in [1.54, 1.807) is 24.3 Å². The molecule has 206 valence electrons. The Morgan fingerprint density at radius 1 is 1.15 bits per heavy atom. The second-order valence-electron chi connectivity index (χ2n) is 10.9. The van der Waals surface area contributed by atoms with E-state index in [4.69, 9.17) is 9.47 Å². The molecular formula is C30H35N3O5S. The van der Waals surface area contributed by atoms with E-state index in [-0.39, 0.29) is 24.6 Å². The molecular weight excluding hydrogens is 514 g/mol. The maximum Gasteiger partial charge on any atom is 0.410 e. The minimum atomic E-state index is -3.54. The minimum absolute atomic E-state index is 0.102. The molecule has 1 unspecified atom stereocenters. The maximum atomic E-state index is 13.0. The molecule has 1 aliphatic carbocycles. The molecule has 2 aromatic rings. The second-order valence-corrected chi connectivity index (χ2v) is 13.1. The van der Waals surface area contributed by atoms with Crippen LogP contribution in [0.4, 0.5) is 4.79 Å². The van der Waals surface area contributed by atoms with Gasteiger partial charge >= 0.3 is 6.09 Å². The average Bonchev–Trinajstić information content (AvgIpc) is 3.29. The lowest BCUT2D eigenvalue weighted by molar-refractivity contribution is 0.0908. The zero-order valence-corrected chi connectivity index (χ0v) is 23.1. The number of rotatable bonds is 8. The SMILES string of the molecule is C=CCOC(=O)N1CC(S(=O)(=O)c2ccc(OC[C@H]3C[C@@H](C)N(C4CCc5ccc(C#N)cc5C4)C3)cc2)C1. The number of nitriles is 1. The Hall–Kier alpha value is -3.35. The van der Waals surface area contributed by atoms with Crippen molar-refractivity contribution in [2.24, 2.45) is 5.92 Å². The number of benzene rings is 2. The van der Waals surface area contributed by atoms with Crippen molar-refractivity contribution in [1.82, 2.24) is 9.80 Å². The van der Waals surface area contributed by atoms with Gasteiger partial charge in [0, 0.05) is 37.6 Å². The molecule has 0 spiro atoms. The predicted molar refractivity (Wildman–Crippen MR) is 147 cm³/mol. The number of amides is 1. The lowest BCUT2D eigenvalue weighted by Crippen LogP contribution is -2.56. The van der Waals surface area contributed by atoms with Crippen LogP contribution in [0.15, 0.2) is 60.0 Å². The van der Waals surface area contributed by atoms with Crippen LogP contribution in [-0.2, 0) is 27.4 Å². The van der Waals surface area contributed by atoms with Gasteiger partial charge in [-0.3, -0.25) is 4.90 Å². The minimum Gasteiger partial charge on any atom is -0.493 e. The summed E-state index contributed by atoms with van der Waals surface area (Å²) in [5, 5.41) is 8.63. The van der Waals surface area contributed by atoms with E-state index < -0.39 is 21.2 Å². The molecule has 9 heteroatoms. The Bertz CT molecular complexity index is 1360. The molecule has 2 heterocycles. The third kappa shape index (κ3) is 5.82. The maximum absolute atomic E-state index is 13.0. The van der Waals surface area contributed by atoms with E-state index in [1.807, 2.05) is 12.1 Å². The van der Waals surface area contributed by atoms with Crippen LogP contribution in [0, 0.1) is 17.2 Å². The van der Waals surface area contributed by atoms with E-state index in [0.29, 0.717) is 30.4 Å². The summed E-state index contributed by atoms with van der Waals surface area (Å²) in [4.78, 5) is 16.1. The molecule has 2 aromatic carbocycles. The van der Waals surface area contributed by atoms with Crippen molar-refractivity contribution in [3.8, 4) is 11.8 Å². The van der Waals surface area contributed by atoms with Crippen molar-refractivity contribution in [3.05, 3.63) is 71.8 Å². The lowest BCUT2D eigenvalue weighted by atomic mass is 9.86. The highest BCUT2D eigenvalue weighted by molar-refractivity contribution is 7.92. The van der Waals surface area contributed by atoms with Crippen molar-refractivity contribution in [2.45, 2.75) is 54.8 Å². The molecule has 8 nitrogen and oxygen atoms in total. The first-order valence-electron chi connectivity index (χ1n) is 13.6. The van der Waals surface area contributed by atoms with Gasteiger partial charge in [-0.15, -0.1) is 0 Å². The monoisotopic (exact) mass is 549 g/mol. The van der Waals surface area contributed by atoms with Crippen LogP contribution >= 0.6 is 0 Å². The highest BCUT2D eigenvalue weighted by Gasteiger charge is 2.41. The van der Waals surface area contributed by atoms with Crippen molar-refractivity contribution in [2.75, 3.05) is 32.8 Å². The van der Waals surface area contributed by atoms with Crippen molar-refractivity contribution in [1.29, 1.82) is 5.26 Å². The highest BCUT2D eigenvalue weighted by Crippen LogP contribution is 2.33. The topological polar surface area (TPSA) is 99.9 Å². The van der Waals surface area contributed by atoms with Gasteiger partial charge in [0.2, 0.25) is 0 Å². The fourth-order valence-electron chi connectivity index (χ4n) is 6.03. The average molecular weight is 550 g/mol. The van der Waals surface area contributed by atoms with Gasteiger partial charge < -0.3 is 14.4 Å². The number of ether oxygens (including phenoxy) is 2. The van der Waals surface area contributed by atoms with Crippen molar-refractivity contribution < 1.29 is 22.7 Å². The Morgan fingerprint density at radius 3 is 2.64 bits per heavy atom. The van der Waals surface area contributed by atoms with Gasteiger partial charge in [0.15, 0.2) is 9.84 Å².